The number of halogens is 1. The first-order valence-corrected chi connectivity index (χ1v) is 16.3. The number of hydrogen-bond donors (Lipinski definition) is 0. The zero-order valence-electron chi connectivity index (χ0n) is 20.7. The Balaban J connectivity index is 1.55. The Bertz CT molecular complexity index is 679. The topological polar surface area (TPSA) is 18.5 Å². The molecule has 2 fully saturated rings. The van der Waals surface area contributed by atoms with E-state index < -0.39 is 8.32 Å². The van der Waals surface area contributed by atoms with Crippen LogP contribution >= 0.6 is 22.6 Å². The van der Waals surface area contributed by atoms with Crippen molar-refractivity contribution in [3.05, 3.63) is 21.8 Å². The number of fused-ring (bicyclic) bond motifs is 1. The molecular formula is C26H45IO2Si. The summed E-state index contributed by atoms with van der Waals surface area (Å²) in [5, 5.41) is 0.233. The summed E-state index contributed by atoms with van der Waals surface area (Å²) in [5.41, 5.74) is 2.02. The van der Waals surface area contributed by atoms with E-state index in [1.54, 1.807) is 5.57 Å². The van der Waals surface area contributed by atoms with Crippen LogP contribution in [0.3, 0.4) is 0 Å². The third-order valence-electron chi connectivity index (χ3n) is 9.00. The molecule has 6 atom stereocenters. The van der Waals surface area contributed by atoms with Crippen LogP contribution < -0.4 is 0 Å². The van der Waals surface area contributed by atoms with Crippen molar-refractivity contribution in [1.29, 1.82) is 0 Å². The molecule has 3 aliphatic carbocycles. The van der Waals surface area contributed by atoms with E-state index in [1.165, 1.54) is 32.1 Å². The van der Waals surface area contributed by atoms with Gasteiger partial charge in [-0.05, 0) is 84.4 Å². The molecule has 0 amide bonds. The molecule has 0 heterocycles. The van der Waals surface area contributed by atoms with Crippen molar-refractivity contribution in [3.63, 3.8) is 0 Å². The minimum atomic E-state index is -1.79. The maximum absolute atomic E-state index is 6.76. The molecule has 0 bridgehead atoms. The van der Waals surface area contributed by atoms with Crippen molar-refractivity contribution in [1.82, 2.24) is 0 Å². The highest BCUT2D eigenvalue weighted by atomic mass is 127. The SMILES string of the molecule is C[C@@H](CO[C@@H]1C=C[C@@](C)(O[Si](C)(C)C(C)(C)C)C1)[C@H]1CCC2C(=CI)CCC[C@]21C. The molecule has 30 heavy (non-hydrogen) atoms. The Morgan fingerprint density at radius 1 is 1.27 bits per heavy atom. The van der Waals surface area contributed by atoms with Gasteiger partial charge < -0.3 is 9.16 Å². The van der Waals surface area contributed by atoms with Crippen LogP contribution in [-0.4, -0.2) is 26.6 Å². The van der Waals surface area contributed by atoms with Gasteiger partial charge in [-0.2, -0.15) is 0 Å². The average Bonchev–Trinajstić information content (AvgIpc) is 3.17. The molecule has 0 aromatic heterocycles. The number of allylic oxidation sites excluding steroid dienone is 1. The minimum Gasteiger partial charge on any atom is -0.408 e. The van der Waals surface area contributed by atoms with Crippen molar-refractivity contribution < 1.29 is 9.16 Å². The molecule has 0 aliphatic heterocycles. The van der Waals surface area contributed by atoms with Crippen LogP contribution in [0.25, 0.3) is 0 Å². The molecule has 0 aromatic carbocycles. The van der Waals surface area contributed by atoms with E-state index in [0.717, 1.165) is 24.9 Å². The first-order valence-electron chi connectivity index (χ1n) is 12.1. The summed E-state index contributed by atoms with van der Waals surface area (Å²) in [5.74, 6) is 2.22. The maximum atomic E-state index is 6.76. The number of rotatable bonds is 6. The van der Waals surface area contributed by atoms with E-state index in [4.69, 9.17) is 9.16 Å². The fourth-order valence-corrected chi connectivity index (χ4v) is 8.68. The highest BCUT2D eigenvalue weighted by molar-refractivity contribution is 14.1. The third-order valence-corrected chi connectivity index (χ3v) is 14.4. The molecule has 3 aliphatic rings. The highest BCUT2D eigenvalue weighted by Crippen LogP contribution is 2.59. The van der Waals surface area contributed by atoms with Crippen molar-refractivity contribution in [2.75, 3.05) is 6.61 Å². The molecule has 0 aromatic rings. The molecule has 2 nitrogen and oxygen atoms in total. The third kappa shape index (κ3) is 4.96. The van der Waals surface area contributed by atoms with Crippen molar-refractivity contribution >= 4 is 30.9 Å². The van der Waals surface area contributed by atoms with Gasteiger partial charge in [-0.25, -0.2) is 0 Å². The fraction of sp³-hybridized carbons (Fsp3) is 0.846. The zero-order valence-corrected chi connectivity index (χ0v) is 23.8. The van der Waals surface area contributed by atoms with Gasteiger partial charge in [0, 0.05) is 6.42 Å². The van der Waals surface area contributed by atoms with E-state index in [9.17, 15) is 0 Å². The lowest BCUT2D eigenvalue weighted by atomic mass is 9.61. The summed E-state index contributed by atoms with van der Waals surface area (Å²) in [6.07, 6.45) is 12.5. The molecule has 0 saturated heterocycles. The van der Waals surface area contributed by atoms with E-state index in [-0.39, 0.29) is 16.7 Å². The van der Waals surface area contributed by atoms with E-state index in [2.05, 4.69) is 93.5 Å². The van der Waals surface area contributed by atoms with Gasteiger partial charge in [0.05, 0.1) is 18.3 Å². The average molecular weight is 545 g/mol. The van der Waals surface area contributed by atoms with Crippen molar-refractivity contribution in [2.24, 2.45) is 23.2 Å². The Hall–Kier alpha value is 0.347. The smallest absolute Gasteiger partial charge is 0.193 e. The molecule has 3 rings (SSSR count). The second-order valence-corrected chi connectivity index (χ2v) is 17.7. The van der Waals surface area contributed by atoms with Gasteiger partial charge in [-0.15, -0.1) is 0 Å². The highest BCUT2D eigenvalue weighted by Gasteiger charge is 2.51. The van der Waals surface area contributed by atoms with Crippen molar-refractivity contribution in [3.8, 4) is 0 Å². The zero-order chi connectivity index (χ0) is 22.4. The Kier molecular flexibility index (Phi) is 7.45. The van der Waals surface area contributed by atoms with Crippen LogP contribution in [0.4, 0.5) is 0 Å². The van der Waals surface area contributed by atoms with Crippen LogP contribution in [0.1, 0.15) is 80.1 Å². The molecule has 0 N–H and O–H groups in total. The van der Waals surface area contributed by atoms with E-state index in [1.807, 2.05) is 0 Å². The Morgan fingerprint density at radius 3 is 2.60 bits per heavy atom. The summed E-state index contributed by atoms with van der Waals surface area (Å²) in [4.78, 5) is 0. The predicted octanol–water partition coefficient (Wildman–Crippen LogP) is 8.28. The van der Waals surface area contributed by atoms with Crippen molar-refractivity contribution in [2.45, 2.75) is 110 Å². The number of hydrogen-bond acceptors (Lipinski definition) is 2. The van der Waals surface area contributed by atoms with Gasteiger partial charge in [0.1, 0.15) is 0 Å². The van der Waals surface area contributed by atoms with E-state index >= 15 is 0 Å². The molecule has 1 unspecified atom stereocenters. The Labute approximate surface area is 200 Å². The van der Waals surface area contributed by atoms with Crippen LogP contribution in [0, 0.1) is 23.2 Å². The quantitative estimate of drug-likeness (QED) is 0.190. The fourth-order valence-electron chi connectivity index (χ4n) is 6.31. The predicted molar refractivity (Wildman–Crippen MR) is 140 cm³/mol. The second-order valence-electron chi connectivity index (χ2n) is 12.4. The monoisotopic (exact) mass is 544 g/mol. The lowest BCUT2D eigenvalue weighted by Gasteiger charge is -2.44. The summed E-state index contributed by atoms with van der Waals surface area (Å²) >= 11 is 2.47. The van der Waals surface area contributed by atoms with Gasteiger partial charge in [-0.3, -0.25) is 0 Å². The molecule has 2 saturated carbocycles. The second kappa shape index (κ2) is 8.94. The first kappa shape index (κ1) is 25.0. The summed E-state index contributed by atoms with van der Waals surface area (Å²) < 4.78 is 15.6. The summed E-state index contributed by atoms with van der Waals surface area (Å²) in [6, 6.07) is 0. The molecule has 4 heteroatoms. The summed E-state index contributed by atoms with van der Waals surface area (Å²) in [6.45, 7) is 19.8. The van der Waals surface area contributed by atoms with Gasteiger partial charge in [-0.1, -0.05) is 74.9 Å². The van der Waals surface area contributed by atoms with Crippen LogP contribution in [-0.2, 0) is 9.16 Å². The van der Waals surface area contributed by atoms with E-state index in [0.29, 0.717) is 11.3 Å². The summed E-state index contributed by atoms with van der Waals surface area (Å²) in [7, 11) is -1.79. The van der Waals surface area contributed by atoms with Gasteiger partial charge in [0.25, 0.3) is 0 Å². The standard InChI is InChI=1S/C26H45IO2Si/c1-19(22-11-12-23-20(17-27)10-9-14-26(22,23)6)18-28-21-13-15-25(5,16-21)29-30(7,8)24(2,3)4/h13,15,17,19,21-23H,9-12,14,16,18H2,1-8H3/t19-,21+,22+,23?,25+,26-/m0/s1. The van der Waals surface area contributed by atoms with Gasteiger partial charge >= 0.3 is 0 Å². The normalized spacial score (nSPS) is 39.5. The van der Waals surface area contributed by atoms with Gasteiger partial charge in [0.2, 0.25) is 0 Å². The lowest BCUT2D eigenvalue weighted by molar-refractivity contribution is -0.00554. The van der Waals surface area contributed by atoms with Crippen LogP contribution in [0.5, 0.6) is 0 Å². The van der Waals surface area contributed by atoms with Crippen LogP contribution in [0.2, 0.25) is 18.1 Å². The molecule has 172 valence electrons. The largest absolute Gasteiger partial charge is 0.408 e. The molecule has 0 radical (unpaired) electrons. The number of ether oxygens (including phenoxy) is 1. The first-order chi connectivity index (χ1) is 13.8. The lowest BCUT2D eigenvalue weighted by Crippen LogP contribution is -2.47. The minimum absolute atomic E-state index is 0.176. The molecule has 0 spiro atoms. The molecular weight excluding hydrogens is 499 g/mol. The van der Waals surface area contributed by atoms with Crippen LogP contribution in [0.15, 0.2) is 21.8 Å². The maximum Gasteiger partial charge on any atom is 0.193 e. The Morgan fingerprint density at radius 2 is 1.97 bits per heavy atom. The van der Waals surface area contributed by atoms with Gasteiger partial charge in [0.15, 0.2) is 8.32 Å².